The van der Waals surface area contributed by atoms with Crippen LogP contribution in [0.25, 0.3) is 0 Å². The third-order valence-corrected chi connectivity index (χ3v) is 4.25. The third-order valence-electron chi connectivity index (χ3n) is 3.42. The summed E-state index contributed by atoms with van der Waals surface area (Å²) >= 11 is 9.44. The minimum atomic E-state index is -0.526. The van der Waals surface area contributed by atoms with Crippen LogP contribution in [0.15, 0.2) is 37.1 Å². The molecule has 0 spiro atoms. The van der Waals surface area contributed by atoms with Crippen LogP contribution in [-0.2, 0) is 4.79 Å². The number of rotatable bonds is 8. The lowest BCUT2D eigenvalue weighted by Crippen LogP contribution is -2.24. The Morgan fingerprint density at radius 1 is 1.50 bits per heavy atom. The molecule has 0 radical (unpaired) electrons. The first kappa shape index (κ1) is 20.1. The van der Waals surface area contributed by atoms with Crippen molar-refractivity contribution >= 4 is 56.6 Å². The smallest absolute Gasteiger partial charge is 0.250 e. The molecule has 0 aliphatic carbocycles. The number of nitrogens with one attached hydrogen (secondary N) is 2. The van der Waals surface area contributed by atoms with Gasteiger partial charge in [0.1, 0.15) is 16.7 Å². The fourth-order valence-corrected chi connectivity index (χ4v) is 2.50. The highest BCUT2D eigenvalue weighted by Crippen LogP contribution is 2.26. The Hall–Kier alpha value is -2.19. The lowest BCUT2D eigenvalue weighted by Gasteiger charge is -2.17. The van der Waals surface area contributed by atoms with E-state index < -0.39 is 11.7 Å². The third kappa shape index (κ3) is 5.15. The zero-order valence-corrected chi connectivity index (χ0v) is 16.4. The zero-order chi connectivity index (χ0) is 19.1. The number of amides is 1. The SMILES string of the molecule is C=CC(=O)N(C)c1cc(Nc2ncc(Cl)c(NCCCBr)n2)ccc1F. The monoisotopic (exact) mass is 441 g/mol. The van der Waals surface area contributed by atoms with Crippen molar-refractivity contribution in [3.63, 3.8) is 0 Å². The summed E-state index contributed by atoms with van der Waals surface area (Å²) in [5.41, 5.74) is 0.642. The fourth-order valence-electron chi connectivity index (χ4n) is 2.06. The summed E-state index contributed by atoms with van der Waals surface area (Å²) in [5.74, 6) is -0.137. The van der Waals surface area contributed by atoms with Gasteiger partial charge in [-0.25, -0.2) is 9.37 Å². The maximum Gasteiger partial charge on any atom is 0.250 e. The molecule has 2 rings (SSSR count). The minimum Gasteiger partial charge on any atom is -0.369 e. The van der Waals surface area contributed by atoms with Crippen molar-refractivity contribution in [3.8, 4) is 0 Å². The van der Waals surface area contributed by atoms with Crippen molar-refractivity contribution < 1.29 is 9.18 Å². The predicted molar refractivity (Wildman–Crippen MR) is 107 cm³/mol. The summed E-state index contributed by atoms with van der Waals surface area (Å²) in [5, 5.41) is 7.37. The number of alkyl halides is 1. The van der Waals surface area contributed by atoms with Gasteiger partial charge in [-0.05, 0) is 30.7 Å². The van der Waals surface area contributed by atoms with Crippen LogP contribution in [0.4, 0.5) is 27.5 Å². The number of hydrogen-bond donors (Lipinski definition) is 2. The van der Waals surface area contributed by atoms with E-state index in [0.29, 0.717) is 29.0 Å². The number of benzene rings is 1. The number of anilines is 4. The molecule has 0 unspecified atom stereocenters. The van der Waals surface area contributed by atoms with Gasteiger partial charge < -0.3 is 15.5 Å². The predicted octanol–water partition coefficient (Wildman–Crippen LogP) is 4.36. The first-order valence-corrected chi connectivity index (χ1v) is 9.25. The van der Waals surface area contributed by atoms with E-state index in [1.54, 1.807) is 0 Å². The van der Waals surface area contributed by atoms with Gasteiger partial charge in [0.25, 0.3) is 0 Å². The van der Waals surface area contributed by atoms with Gasteiger partial charge in [0.05, 0.1) is 11.9 Å². The molecule has 138 valence electrons. The molecule has 0 aliphatic rings. The summed E-state index contributed by atoms with van der Waals surface area (Å²) in [6, 6.07) is 4.28. The molecule has 1 aromatic heterocycles. The van der Waals surface area contributed by atoms with Crippen molar-refractivity contribution in [2.75, 3.05) is 34.5 Å². The van der Waals surface area contributed by atoms with E-state index >= 15 is 0 Å². The summed E-state index contributed by atoms with van der Waals surface area (Å²) < 4.78 is 14.0. The molecule has 0 aliphatic heterocycles. The van der Waals surface area contributed by atoms with E-state index in [4.69, 9.17) is 11.6 Å². The van der Waals surface area contributed by atoms with Crippen LogP contribution in [0.5, 0.6) is 0 Å². The highest BCUT2D eigenvalue weighted by Gasteiger charge is 2.14. The number of hydrogen-bond acceptors (Lipinski definition) is 5. The van der Waals surface area contributed by atoms with E-state index in [9.17, 15) is 9.18 Å². The van der Waals surface area contributed by atoms with Gasteiger partial charge in [-0.1, -0.05) is 34.1 Å². The highest BCUT2D eigenvalue weighted by molar-refractivity contribution is 9.09. The quantitative estimate of drug-likeness (QED) is 0.361. The van der Waals surface area contributed by atoms with Crippen LogP contribution < -0.4 is 15.5 Å². The molecule has 2 N–H and O–H groups in total. The molecular formula is C17H18BrClFN5O. The number of carbonyl (C=O) groups excluding carboxylic acids is 1. The van der Waals surface area contributed by atoms with Gasteiger partial charge in [-0.2, -0.15) is 4.98 Å². The Bertz CT molecular complexity index is 805. The number of likely N-dealkylation sites (N-methyl/N-ethyl adjacent to an activating group) is 1. The maximum atomic E-state index is 14.0. The molecule has 6 nitrogen and oxygen atoms in total. The molecule has 0 atom stereocenters. The van der Waals surface area contributed by atoms with E-state index in [1.807, 2.05) is 0 Å². The second kappa shape index (κ2) is 9.49. The average Bonchev–Trinajstić information content (AvgIpc) is 2.64. The number of carbonyl (C=O) groups is 1. The van der Waals surface area contributed by atoms with Crippen LogP contribution >= 0.6 is 27.5 Å². The first-order chi connectivity index (χ1) is 12.5. The average molecular weight is 443 g/mol. The topological polar surface area (TPSA) is 70.2 Å². The Kier molecular flexibility index (Phi) is 7.35. The largest absolute Gasteiger partial charge is 0.369 e. The molecule has 2 aromatic rings. The summed E-state index contributed by atoms with van der Waals surface area (Å²) in [6.45, 7) is 4.11. The molecular weight excluding hydrogens is 425 g/mol. The molecule has 0 fully saturated rings. The Labute approximate surface area is 164 Å². The van der Waals surface area contributed by atoms with Gasteiger partial charge in [0, 0.05) is 24.6 Å². The minimum absolute atomic E-state index is 0.115. The van der Waals surface area contributed by atoms with Gasteiger partial charge in [0.15, 0.2) is 0 Å². The maximum absolute atomic E-state index is 14.0. The Balaban J connectivity index is 2.21. The van der Waals surface area contributed by atoms with Crippen molar-refractivity contribution in [2.24, 2.45) is 0 Å². The van der Waals surface area contributed by atoms with Crippen LogP contribution in [0.2, 0.25) is 5.02 Å². The summed E-state index contributed by atoms with van der Waals surface area (Å²) in [6.07, 6.45) is 3.51. The fraction of sp³-hybridized carbons (Fsp3) is 0.235. The van der Waals surface area contributed by atoms with Crippen LogP contribution in [0.1, 0.15) is 6.42 Å². The summed E-state index contributed by atoms with van der Waals surface area (Å²) in [7, 11) is 1.47. The number of nitrogens with zero attached hydrogens (tertiary/aromatic N) is 3. The Morgan fingerprint density at radius 2 is 2.27 bits per heavy atom. The van der Waals surface area contributed by atoms with Gasteiger partial charge in [0.2, 0.25) is 11.9 Å². The van der Waals surface area contributed by atoms with E-state index in [0.717, 1.165) is 17.8 Å². The molecule has 1 heterocycles. The second-order valence-corrected chi connectivity index (χ2v) is 6.45. The number of aromatic nitrogens is 2. The lowest BCUT2D eigenvalue weighted by molar-refractivity contribution is -0.113. The van der Waals surface area contributed by atoms with E-state index in [-0.39, 0.29) is 5.69 Å². The Morgan fingerprint density at radius 3 is 2.96 bits per heavy atom. The molecule has 0 bridgehead atoms. The molecule has 0 saturated heterocycles. The van der Waals surface area contributed by atoms with Gasteiger partial charge in [-0.3, -0.25) is 4.79 Å². The second-order valence-electron chi connectivity index (χ2n) is 5.25. The summed E-state index contributed by atoms with van der Waals surface area (Å²) in [4.78, 5) is 21.3. The standard InChI is InChI=1S/C17H18BrClFN5O/c1-3-15(26)25(2)14-9-11(5-6-13(14)20)23-17-22-10-12(19)16(24-17)21-8-4-7-18/h3,5-6,9-10H,1,4,7-8H2,2H3,(H2,21,22,23,24). The van der Waals surface area contributed by atoms with Crippen molar-refractivity contribution in [2.45, 2.75) is 6.42 Å². The van der Waals surface area contributed by atoms with Crippen LogP contribution in [0, 0.1) is 5.82 Å². The molecule has 1 aromatic carbocycles. The van der Waals surface area contributed by atoms with E-state index in [2.05, 4.69) is 43.1 Å². The van der Waals surface area contributed by atoms with Crippen molar-refractivity contribution in [1.29, 1.82) is 0 Å². The molecule has 9 heteroatoms. The normalized spacial score (nSPS) is 10.3. The number of halogens is 3. The van der Waals surface area contributed by atoms with E-state index in [1.165, 1.54) is 36.3 Å². The van der Waals surface area contributed by atoms with Crippen molar-refractivity contribution in [3.05, 3.63) is 47.9 Å². The van der Waals surface area contributed by atoms with Gasteiger partial charge in [-0.15, -0.1) is 0 Å². The van der Waals surface area contributed by atoms with Crippen LogP contribution in [-0.4, -0.2) is 34.8 Å². The molecule has 0 saturated carbocycles. The lowest BCUT2D eigenvalue weighted by atomic mass is 10.2. The van der Waals surface area contributed by atoms with Gasteiger partial charge >= 0.3 is 0 Å². The zero-order valence-electron chi connectivity index (χ0n) is 14.1. The molecule has 26 heavy (non-hydrogen) atoms. The van der Waals surface area contributed by atoms with Crippen molar-refractivity contribution in [1.82, 2.24) is 9.97 Å². The highest BCUT2D eigenvalue weighted by atomic mass is 79.9. The molecule has 1 amide bonds. The van der Waals surface area contributed by atoms with Crippen LogP contribution in [0.3, 0.4) is 0 Å². The first-order valence-electron chi connectivity index (χ1n) is 7.75.